The zero-order valence-electron chi connectivity index (χ0n) is 36.5. The van der Waals surface area contributed by atoms with Gasteiger partial charge in [0.1, 0.15) is 18.1 Å². The largest absolute Gasteiger partial charge is 0.497 e. The first-order chi connectivity index (χ1) is 31.0. The molecule has 0 radical (unpaired) electrons. The van der Waals surface area contributed by atoms with Crippen LogP contribution in [0.25, 0.3) is 22.8 Å². The fraction of sp³-hybridized carbons (Fsp3) is 0.340. The minimum atomic E-state index is -0.419. The molecule has 63 heavy (non-hydrogen) atoms. The second-order valence-corrected chi connectivity index (χ2v) is 15.0. The lowest BCUT2D eigenvalue weighted by atomic mass is 9.73. The highest BCUT2D eigenvalue weighted by Gasteiger charge is 2.38. The summed E-state index contributed by atoms with van der Waals surface area (Å²) in [6.07, 6.45) is 0. The van der Waals surface area contributed by atoms with Crippen LogP contribution in [-0.4, -0.2) is 108 Å². The molecular formula is C50H56N4O9. The van der Waals surface area contributed by atoms with Gasteiger partial charge in [0.25, 0.3) is 0 Å². The quantitative estimate of drug-likeness (QED) is 0.0509. The van der Waals surface area contributed by atoms with E-state index in [-0.39, 0.29) is 6.01 Å². The number of methoxy groups -OCH3 is 2. The van der Waals surface area contributed by atoms with Crippen molar-refractivity contribution in [1.82, 2.24) is 15.0 Å². The average molecular weight is 857 g/mol. The van der Waals surface area contributed by atoms with Gasteiger partial charge in [-0.3, -0.25) is 0 Å². The molecule has 0 atom stereocenters. The van der Waals surface area contributed by atoms with Gasteiger partial charge >= 0.3 is 6.01 Å². The molecule has 0 bridgehead atoms. The van der Waals surface area contributed by atoms with Crippen molar-refractivity contribution in [3.05, 3.63) is 132 Å². The molecule has 0 aliphatic carbocycles. The van der Waals surface area contributed by atoms with Gasteiger partial charge in [-0.1, -0.05) is 86.6 Å². The van der Waals surface area contributed by atoms with E-state index in [1.54, 1.807) is 14.2 Å². The van der Waals surface area contributed by atoms with Crippen molar-refractivity contribution in [2.75, 3.05) is 98.4 Å². The van der Waals surface area contributed by atoms with Crippen molar-refractivity contribution < 1.29 is 42.6 Å². The first-order valence-electron chi connectivity index (χ1n) is 21.2. The summed E-state index contributed by atoms with van der Waals surface area (Å²) in [5.74, 6) is 3.11. The summed E-state index contributed by atoms with van der Waals surface area (Å²) < 4.78 is 51.5. The van der Waals surface area contributed by atoms with Crippen molar-refractivity contribution in [2.24, 2.45) is 0 Å². The number of ether oxygens (including phenoxy) is 9. The summed E-state index contributed by atoms with van der Waals surface area (Å²) in [5.41, 5.74) is 6.24. The number of fused-ring (bicyclic) bond motifs is 2. The zero-order chi connectivity index (χ0) is 43.7. The third-order valence-electron chi connectivity index (χ3n) is 10.4. The van der Waals surface area contributed by atoms with Gasteiger partial charge in [0.2, 0.25) is 0 Å². The van der Waals surface area contributed by atoms with E-state index in [9.17, 15) is 0 Å². The van der Waals surface area contributed by atoms with Crippen LogP contribution in [0.15, 0.2) is 121 Å². The molecule has 6 aromatic rings. The standard InChI is InChI=1S/C50H56N4O9/c1-50(2)41-35-39(56-4)19-21-43(41)54(44-22-20-40(36-42(44)50)62-34-33-61-32-31-60-30-29-59-28-27-58-26-25-57-24-23-55-3)45-17-11-12-18-46(45)63-49-52-47(37-13-7-5-8-14-37)51-48(53-49)38-15-9-6-10-16-38/h5-22,35-36H,23-34H2,1-4H3. The van der Waals surface area contributed by atoms with Gasteiger partial charge in [-0.05, 0) is 59.7 Å². The minimum Gasteiger partial charge on any atom is -0.497 e. The third-order valence-corrected chi connectivity index (χ3v) is 10.4. The lowest BCUT2D eigenvalue weighted by molar-refractivity contribution is -0.0159. The predicted molar refractivity (Wildman–Crippen MR) is 242 cm³/mol. The number of benzene rings is 5. The number of hydrogen-bond acceptors (Lipinski definition) is 13. The molecule has 0 saturated carbocycles. The molecule has 0 fully saturated rings. The van der Waals surface area contributed by atoms with Crippen molar-refractivity contribution in [1.29, 1.82) is 0 Å². The van der Waals surface area contributed by atoms with E-state index in [0.717, 1.165) is 50.8 Å². The molecule has 0 spiro atoms. The van der Waals surface area contributed by atoms with Gasteiger partial charge in [-0.25, -0.2) is 4.98 Å². The molecule has 7 rings (SSSR count). The Morgan fingerprint density at radius 3 is 1.44 bits per heavy atom. The lowest BCUT2D eigenvalue weighted by Crippen LogP contribution is -2.31. The van der Waals surface area contributed by atoms with Gasteiger partial charge in [0.05, 0.1) is 96.8 Å². The number of anilines is 3. The number of hydrogen-bond donors (Lipinski definition) is 0. The fourth-order valence-corrected chi connectivity index (χ4v) is 7.18. The number of para-hydroxylation sites is 2. The minimum absolute atomic E-state index is 0.183. The van der Waals surface area contributed by atoms with Crippen LogP contribution in [0.3, 0.4) is 0 Å². The van der Waals surface area contributed by atoms with Gasteiger partial charge in [-0.15, -0.1) is 0 Å². The Hall–Kier alpha value is -5.93. The Morgan fingerprint density at radius 1 is 0.460 bits per heavy atom. The van der Waals surface area contributed by atoms with Crippen molar-refractivity contribution in [3.8, 4) is 46.0 Å². The number of nitrogens with zero attached hydrogens (tertiary/aromatic N) is 4. The maximum absolute atomic E-state index is 6.69. The van der Waals surface area contributed by atoms with Crippen LogP contribution in [0.2, 0.25) is 0 Å². The van der Waals surface area contributed by atoms with E-state index < -0.39 is 5.41 Å². The van der Waals surface area contributed by atoms with Gasteiger partial charge < -0.3 is 47.5 Å². The van der Waals surface area contributed by atoms with E-state index in [1.165, 1.54) is 0 Å². The summed E-state index contributed by atoms with van der Waals surface area (Å²) in [4.78, 5) is 16.7. The maximum atomic E-state index is 6.69. The monoisotopic (exact) mass is 856 g/mol. The molecule has 1 aliphatic heterocycles. The van der Waals surface area contributed by atoms with E-state index in [1.807, 2.05) is 97.1 Å². The first kappa shape index (κ1) is 45.1. The molecule has 0 unspecified atom stereocenters. The Labute approximate surface area is 369 Å². The second kappa shape index (κ2) is 23.0. The van der Waals surface area contributed by atoms with E-state index in [0.29, 0.717) is 96.7 Å². The number of rotatable bonds is 25. The van der Waals surface area contributed by atoms with Crippen LogP contribution in [0, 0.1) is 0 Å². The average Bonchev–Trinajstić information content (AvgIpc) is 3.32. The molecule has 0 amide bonds. The Bertz CT molecular complexity index is 2270. The Balaban J connectivity index is 1.01. The highest BCUT2D eigenvalue weighted by atomic mass is 16.6. The van der Waals surface area contributed by atoms with Crippen LogP contribution in [0.1, 0.15) is 25.0 Å². The second-order valence-electron chi connectivity index (χ2n) is 15.0. The molecule has 0 saturated heterocycles. The SMILES string of the molecule is COCCOCCOCCOCCOCCOCCOc1ccc2c(c1)C(C)(C)c1cc(OC)ccc1N2c1ccccc1Oc1nc(-c2ccccc2)nc(-c2ccccc2)n1. The summed E-state index contributed by atoms with van der Waals surface area (Å²) in [6, 6.07) is 40.2. The predicted octanol–water partition coefficient (Wildman–Crippen LogP) is 9.22. The lowest BCUT2D eigenvalue weighted by Gasteiger charge is -2.42. The van der Waals surface area contributed by atoms with Crippen molar-refractivity contribution in [3.63, 3.8) is 0 Å². The first-order valence-corrected chi connectivity index (χ1v) is 21.2. The third kappa shape index (κ3) is 12.0. The summed E-state index contributed by atoms with van der Waals surface area (Å²) in [5, 5.41) is 0. The summed E-state index contributed by atoms with van der Waals surface area (Å²) in [7, 11) is 3.34. The molecule has 2 heterocycles. The van der Waals surface area contributed by atoms with E-state index in [4.69, 9.17) is 57.6 Å². The molecule has 1 aromatic heterocycles. The van der Waals surface area contributed by atoms with Crippen LogP contribution < -0.4 is 19.1 Å². The normalized spacial score (nSPS) is 12.7. The summed E-state index contributed by atoms with van der Waals surface area (Å²) in [6.45, 7) is 10.4. The maximum Gasteiger partial charge on any atom is 0.326 e. The molecule has 0 N–H and O–H groups in total. The zero-order valence-corrected chi connectivity index (χ0v) is 36.5. The molecule has 330 valence electrons. The van der Waals surface area contributed by atoms with Gasteiger partial charge in [0, 0.05) is 23.7 Å². The highest BCUT2D eigenvalue weighted by Crippen LogP contribution is 2.55. The molecular weight excluding hydrogens is 801 g/mol. The molecule has 1 aliphatic rings. The number of aromatic nitrogens is 3. The van der Waals surface area contributed by atoms with Crippen LogP contribution in [0.5, 0.6) is 23.3 Å². The fourth-order valence-electron chi connectivity index (χ4n) is 7.18. The molecule has 5 aromatic carbocycles. The van der Waals surface area contributed by atoms with Gasteiger partial charge in [-0.2, -0.15) is 9.97 Å². The summed E-state index contributed by atoms with van der Waals surface area (Å²) >= 11 is 0. The van der Waals surface area contributed by atoms with Gasteiger partial charge in [0.15, 0.2) is 17.4 Å². The van der Waals surface area contributed by atoms with E-state index >= 15 is 0 Å². The van der Waals surface area contributed by atoms with Crippen molar-refractivity contribution >= 4 is 17.1 Å². The van der Waals surface area contributed by atoms with Crippen LogP contribution >= 0.6 is 0 Å². The van der Waals surface area contributed by atoms with E-state index in [2.05, 4.69) is 43.0 Å². The Kier molecular flexibility index (Phi) is 16.4. The van der Waals surface area contributed by atoms with Crippen molar-refractivity contribution in [2.45, 2.75) is 19.3 Å². The molecule has 13 nitrogen and oxygen atoms in total. The highest BCUT2D eigenvalue weighted by molar-refractivity contribution is 5.88. The van der Waals surface area contributed by atoms with Crippen LogP contribution in [-0.2, 0) is 33.8 Å². The molecule has 13 heteroatoms. The smallest absolute Gasteiger partial charge is 0.326 e. The Morgan fingerprint density at radius 2 is 0.921 bits per heavy atom. The van der Waals surface area contributed by atoms with Crippen LogP contribution in [0.4, 0.5) is 17.1 Å². The topological polar surface area (TPSA) is 125 Å².